The molecule has 0 radical (unpaired) electrons. The summed E-state index contributed by atoms with van der Waals surface area (Å²) in [5, 5.41) is 14.1. The van der Waals surface area contributed by atoms with Crippen LogP contribution >= 0.6 is 11.6 Å². The third-order valence-electron chi connectivity index (χ3n) is 4.32. The van der Waals surface area contributed by atoms with Gasteiger partial charge in [-0.05, 0) is 30.3 Å². The lowest BCUT2D eigenvalue weighted by Gasteiger charge is -2.09. The average molecular weight is 409 g/mol. The Labute approximate surface area is 169 Å². The van der Waals surface area contributed by atoms with Crippen molar-refractivity contribution >= 4 is 45.9 Å². The SMILES string of the molecule is O=C(Nc1n[nH]c2ncnc(Nc3cccc(Cl)c3)c12)c1cccc2c1OCO2. The number of nitrogens with zero attached hydrogens (tertiary/aromatic N) is 3. The first-order valence-electron chi connectivity index (χ1n) is 8.60. The number of carbonyl (C=O) groups is 1. The third-order valence-corrected chi connectivity index (χ3v) is 4.55. The molecule has 0 bridgehead atoms. The number of nitrogens with one attached hydrogen (secondary N) is 3. The largest absolute Gasteiger partial charge is 0.454 e. The second-order valence-corrected chi connectivity index (χ2v) is 6.58. The molecule has 4 aromatic rings. The minimum Gasteiger partial charge on any atom is -0.454 e. The van der Waals surface area contributed by atoms with Gasteiger partial charge in [-0.3, -0.25) is 9.89 Å². The Balaban J connectivity index is 1.50. The van der Waals surface area contributed by atoms with Gasteiger partial charge in [0.2, 0.25) is 6.79 Å². The molecule has 1 amide bonds. The van der Waals surface area contributed by atoms with Crippen LogP contribution in [0.5, 0.6) is 11.5 Å². The number of hydrogen-bond donors (Lipinski definition) is 3. The monoisotopic (exact) mass is 408 g/mol. The lowest BCUT2D eigenvalue weighted by atomic mass is 10.1. The molecule has 144 valence electrons. The van der Waals surface area contributed by atoms with Gasteiger partial charge in [-0.1, -0.05) is 23.7 Å². The summed E-state index contributed by atoms with van der Waals surface area (Å²) in [7, 11) is 0. The number of halogens is 1. The van der Waals surface area contributed by atoms with Crippen molar-refractivity contribution in [2.45, 2.75) is 0 Å². The van der Waals surface area contributed by atoms with E-state index in [2.05, 4.69) is 30.8 Å². The lowest BCUT2D eigenvalue weighted by Crippen LogP contribution is -2.13. The standard InChI is InChI=1S/C19H13ClN6O3/c20-10-3-1-4-11(7-10)23-16-14-17(22-8-21-16)25-26-18(14)24-19(27)12-5-2-6-13-15(12)29-9-28-13/h1-8H,9H2,(H3,21,22,23,24,25,26,27). The summed E-state index contributed by atoms with van der Waals surface area (Å²) in [4.78, 5) is 21.3. The second kappa shape index (κ2) is 6.95. The molecule has 5 rings (SSSR count). The zero-order valence-corrected chi connectivity index (χ0v) is 15.5. The summed E-state index contributed by atoms with van der Waals surface area (Å²) in [5.74, 6) is 1.29. The van der Waals surface area contributed by atoms with E-state index in [0.717, 1.165) is 5.69 Å². The number of aromatic amines is 1. The van der Waals surface area contributed by atoms with E-state index < -0.39 is 5.91 Å². The molecule has 0 unspecified atom stereocenters. The normalized spacial score (nSPS) is 12.2. The summed E-state index contributed by atoms with van der Waals surface area (Å²) < 4.78 is 10.7. The van der Waals surface area contributed by atoms with Crippen LogP contribution in [0.15, 0.2) is 48.8 Å². The van der Waals surface area contributed by atoms with Crippen LogP contribution in [0.3, 0.4) is 0 Å². The third kappa shape index (κ3) is 3.17. The molecule has 0 saturated heterocycles. The molecule has 10 heteroatoms. The Bertz CT molecular complexity index is 1240. The number of hydrogen-bond acceptors (Lipinski definition) is 7. The van der Waals surface area contributed by atoms with E-state index in [4.69, 9.17) is 21.1 Å². The van der Waals surface area contributed by atoms with Gasteiger partial charge in [-0.25, -0.2) is 9.97 Å². The maximum Gasteiger partial charge on any atom is 0.260 e. The number of H-pyrrole nitrogens is 1. The molecule has 1 aliphatic rings. The number of benzene rings is 2. The maximum absolute atomic E-state index is 12.9. The minimum absolute atomic E-state index is 0.0759. The molecule has 0 saturated carbocycles. The van der Waals surface area contributed by atoms with E-state index in [-0.39, 0.29) is 12.6 Å². The fraction of sp³-hybridized carbons (Fsp3) is 0.0526. The molecule has 1 aliphatic heterocycles. The van der Waals surface area contributed by atoms with Gasteiger partial charge in [0.15, 0.2) is 23.0 Å². The van der Waals surface area contributed by atoms with Gasteiger partial charge in [-0.15, -0.1) is 0 Å². The van der Waals surface area contributed by atoms with Gasteiger partial charge in [0.05, 0.1) is 5.56 Å². The predicted molar refractivity (Wildman–Crippen MR) is 107 cm³/mol. The maximum atomic E-state index is 12.9. The molecule has 0 fully saturated rings. The molecule has 2 aromatic carbocycles. The van der Waals surface area contributed by atoms with Crippen LogP contribution < -0.4 is 20.1 Å². The van der Waals surface area contributed by atoms with Crippen LogP contribution in [0, 0.1) is 0 Å². The molecule has 2 aromatic heterocycles. The Hall–Kier alpha value is -3.85. The van der Waals surface area contributed by atoms with E-state index in [0.29, 0.717) is 38.9 Å². The fourth-order valence-corrected chi connectivity index (χ4v) is 3.22. The molecular weight excluding hydrogens is 396 g/mol. The van der Waals surface area contributed by atoms with Crippen molar-refractivity contribution in [1.29, 1.82) is 0 Å². The fourth-order valence-electron chi connectivity index (χ4n) is 3.03. The van der Waals surface area contributed by atoms with Gasteiger partial charge < -0.3 is 20.1 Å². The van der Waals surface area contributed by atoms with Crippen molar-refractivity contribution in [2.75, 3.05) is 17.4 Å². The number of para-hydroxylation sites is 1. The van der Waals surface area contributed by atoms with Crippen LogP contribution in [0.2, 0.25) is 5.02 Å². The van der Waals surface area contributed by atoms with Crippen molar-refractivity contribution < 1.29 is 14.3 Å². The van der Waals surface area contributed by atoms with Crippen LogP contribution in [-0.2, 0) is 0 Å². The molecule has 0 atom stereocenters. The first-order chi connectivity index (χ1) is 14.2. The number of fused-ring (bicyclic) bond motifs is 2. The van der Waals surface area contributed by atoms with Crippen molar-refractivity contribution in [3.05, 3.63) is 59.4 Å². The van der Waals surface area contributed by atoms with E-state index in [1.807, 2.05) is 12.1 Å². The van der Waals surface area contributed by atoms with Gasteiger partial charge in [0, 0.05) is 10.7 Å². The van der Waals surface area contributed by atoms with Crippen molar-refractivity contribution in [3.63, 3.8) is 0 Å². The van der Waals surface area contributed by atoms with Gasteiger partial charge in [0.1, 0.15) is 17.5 Å². The Morgan fingerprint density at radius 3 is 2.90 bits per heavy atom. The van der Waals surface area contributed by atoms with Crippen molar-refractivity contribution in [3.8, 4) is 11.5 Å². The molecule has 0 aliphatic carbocycles. The highest BCUT2D eigenvalue weighted by atomic mass is 35.5. The number of anilines is 3. The van der Waals surface area contributed by atoms with Crippen LogP contribution in [0.4, 0.5) is 17.3 Å². The van der Waals surface area contributed by atoms with Gasteiger partial charge in [-0.2, -0.15) is 5.10 Å². The zero-order chi connectivity index (χ0) is 19.8. The molecule has 29 heavy (non-hydrogen) atoms. The number of carbonyl (C=O) groups excluding carboxylic acids is 1. The van der Waals surface area contributed by atoms with Crippen LogP contribution in [-0.4, -0.2) is 32.9 Å². The molecular formula is C19H13ClN6O3. The summed E-state index contributed by atoms with van der Waals surface area (Å²) in [6.07, 6.45) is 1.40. The van der Waals surface area contributed by atoms with Gasteiger partial charge in [0.25, 0.3) is 5.91 Å². The highest BCUT2D eigenvalue weighted by Crippen LogP contribution is 2.36. The lowest BCUT2D eigenvalue weighted by molar-refractivity contribution is 0.102. The summed E-state index contributed by atoms with van der Waals surface area (Å²) in [5.41, 5.74) is 1.55. The Kier molecular flexibility index (Phi) is 4.14. The molecule has 0 spiro atoms. The summed E-state index contributed by atoms with van der Waals surface area (Å²) >= 11 is 6.05. The Morgan fingerprint density at radius 1 is 1.10 bits per heavy atom. The van der Waals surface area contributed by atoms with E-state index in [9.17, 15) is 4.79 Å². The van der Waals surface area contributed by atoms with E-state index in [1.165, 1.54) is 6.33 Å². The summed E-state index contributed by atoms with van der Waals surface area (Å²) in [6.45, 7) is 0.0759. The van der Waals surface area contributed by atoms with E-state index in [1.54, 1.807) is 30.3 Å². The average Bonchev–Trinajstić information content (AvgIpc) is 3.35. The number of rotatable bonds is 4. The smallest absolute Gasteiger partial charge is 0.260 e. The van der Waals surface area contributed by atoms with Crippen LogP contribution in [0.1, 0.15) is 10.4 Å². The first kappa shape index (κ1) is 17.3. The number of amides is 1. The van der Waals surface area contributed by atoms with Crippen molar-refractivity contribution in [2.24, 2.45) is 0 Å². The topological polar surface area (TPSA) is 114 Å². The minimum atomic E-state index is -0.390. The van der Waals surface area contributed by atoms with Gasteiger partial charge >= 0.3 is 0 Å². The zero-order valence-electron chi connectivity index (χ0n) is 14.8. The summed E-state index contributed by atoms with van der Waals surface area (Å²) in [6, 6.07) is 12.3. The first-order valence-corrected chi connectivity index (χ1v) is 8.98. The van der Waals surface area contributed by atoms with Crippen LogP contribution in [0.25, 0.3) is 11.0 Å². The quantitative estimate of drug-likeness (QED) is 0.471. The second-order valence-electron chi connectivity index (χ2n) is 6.15. The van der Waals surface area contributed by atoms with E-state index >= 15 is 0 Å². The number of ether oxygens (including phenoxy) is 2. The molecule has 3 N–H and O–H groups in total. The molecule has 3 heterocycles. The number of aromatic nitrogens is 4. The highest BCUT2D eigenvalue weighted by molar-refractivity contribution is 6.30. The predicted octanol–water partition coefficient (Wildman–Crippen LogP) is 3.73. The molecule has 9 nitrogen and oxygen atoms in total. The van der Waals surface area contributed by atoms with Crippen molar-refractivity contribution in [1.82, 2.24) is 20.2 Å². The highest BCUT2D eigenvalue weighted by Gasteiger charge is 2.23. The Morgan fingerprint density at radius 2 is 2.00 bits per heavy atom.